The van der Waals surface area contributed by atoms with Crippen LogP contribution >= 0.6 is 0 Å². The molecule has 0 radical (unpaired) electrons. The van der Waals surface area contributed by atoms with Gasteiger partial charge in [0.1, 0.15) is 0 Å². The summed E-state index contributed by atoms with van der Waals surface area (Å²) in [6.07, 6.45) is 4.13. The Morgan fingerprint density at radius 1 is 0.400 bits per heavy atom. The predicted molar refractivity (Wildman–Crippen MR) is 181 cm³/mol. The van der Waals surface area contributed by atoms with Crippen LogP contribution in [0.1, 0.15) is 22.5 Å². The molecule has 6 nitrogen and oxygen atoms in total. The highest BCUT2D eigenvalue weighted by Crippen LogP contribution is 2.36. The summed E-state index contributed by atoms with van der Waals surface area (Å²) in [4.78, 5) is 16.2. The summed E-state index contributed by atoms with van der Waals surface area (Å²) < 4.78 is 0. The van der Waals surface area contributed by atoms with Gasteiger partial charge in [-0.1, -0.05) is 54.6 Å². The number of hydrogen-bond donors (Lipinski definition) is 3. The molecule has 8 rings (SSSR count). The zero-order chi connectivity index (χ0) is 30.3. The SMILES string of the molecule is N#Cc1ccc(-c2c3nc(c(-c4ccccc4)c4ccc([nH]4)c(-c4ccc(C#N)cc4)c4ccc([nH]4)c4ccc2[nH]4)C=C3)cc1. The Hall–Kier alpha value is -6.63. The maximum absolute atomic E-state index is 9.42. The van der Waals surface area contributed by atoms with Crippen molar-refractivity contribution in [3.05, 3.63) is 138 Å². The molecule has 8 bridgehead atoms. The van der Waals surface area contributed by atoms with Gasteiger partial charge >= 0.3 is 0 Å². The van der Waals surface area contributed by atoms with Crippen molar-refractivity contribution in [2.45, 2.75) is 0 Å². The van der Waals surface area contributed by atoms with Gasteiger partial charge in [0.25, 0.3) is 0 Å². The van der Waals surface area contributed by atoms with E-state index in [9.17, 15) is 10.5 Å². The molecule has 7 aromatic rings. The van der Waals surface area contributed by atoms with E-state index in [0.29, 0.717) is 11.1 Å². The van der Waals surface area contributed by atoms with Crippen LogP contribution in [0.5, 0.6) is 0 Å². The third-order valence-electron chi connectivity index (χ3n) is 8.25. The summed E-state index contributed by atoms with van der Waals surface area (Å²) in [6.45, 7) is 0. The molecule has 210 valence electrons. The first kappa shape index (κ1) is 26.0. The van der Waals surface area contributed by atoms with Gasteiger partial charge in [-0.15, -0.1) is 0 Å². The summed E-state index contributed by atoms with van der Waals surface area (Å²) in [7, 11) is 0. The first-order chi connectivity index (χ1) is 22.2. The standard InChI is InChI=1S/C39H24N6/c40-22-24-6-10-27(11-7-24)38-31-16-14-29(42-31)30-15-17-32(43-30)39(28-12-8-25(23-41)9-13-28)36-21-19-34(45-36)37(26-4-2-1-3-5-26)33-18-20-35(38)44-33/h1-21,42-44H. The van der Waals surface area contributed by atoms with E-state index in [1.807, 2.05) is 66.7 Å². The number of H-pyrrole nitrogens is 3. The lowest BCUT2D eigenvalue weighted by Gasteiger charge is -2.05. The highest BCUT2D eigenvalue weighted by Gasteiger charge is 2.16. The van der Waals surface area contributed by atoms with Crippen molar-refractivity contribution in [1.29, 1.82) is 10.5 Å². The van der Waals surface area contributed by atoms with E-state index in [1.54, 1.807) is 0 Å². The van der Waals surface area contributed by atoms with E-state index < -0.39 is 0 Å². The summed E-state index contributed by atoms with van der Waals surface area (Å²) in [5.74, 6) is 0. The number of nitrogens with zero attached hydrogens (tertiary/aromatic N) is 3. The van der Waals surface area contributed by atoms with Gasteiger partial charge in [-0.05, 0) is 89.5 Å². The van der Waals surface area contributed by atoms with Gasteiger partial charge in [-0.2, -0.15) is 10.5 Å². The molecular weight excluding hydrogens is 552 g/mol. The third kappa shape index (κ3) is 4.55. The Morgan fingerprint density at radius 2 is 0.778 bits per heavy atom. The number of hydrogen-bond acceptors (Lipinski definition) is 3. The van der Waals surface area contributed by atoms with Crippen LogP contribution in [0.3, 0.4) is 0 Å². The number of benzene rings is 3. The van der Waals surface area contributed by atoms with Crippen LogP contribution in [0, 0.1) is 22.7 Å². The average Bonchev–Trinajstić information content (AvgIpc) is 3.92. The van der Waals surface area contributed by atoms with Crippen molar-refractivity contribution < 1.29 is 0 Å². The second-order valence-electron chi connectivity index (χ2n) is 10.9. The monoisotopic (exact) mass is 576 g/mol. The molecule has 0 spiro atoms. The number of rotatable bonds is 3. The molecule has 3 aromatic carbocycles. The van der Waals surface area contributed by atoms with Crippen molar-refractivity contribution in [3.8, 4) is 45.5 Å². The van der Waals surface area contributed by atoms with Crippen molar-refractivity contribution in [2.24, 2.45) is 0 Å². The molecule has 0 aliphatic carbocycles. The van der Waals surface area contributed by atoms with E-state index in [-0.39, 0.29) is 0 Å². The maximum atomic E-state index is 9.42. The topological polar surface area (TPSA) is 108 Å². The molecular formula is C39H24N6. The smallest absolute Gasteiger partial charge is 0.0991 e. The Balaban J connectivity index is 1.53. The fourth-order valence-electron chi connectivity index (χ4n) is 6.09. The molecule has 0 fully saturated rings. The van der Waals surface area contributed by atoms with Gasteiger partial charge in [-0.3, -0.25) is 0 Å². The van der Waals surface area contributed by atoms with Crippen LogP contribution in [0.2, 0.25) is 0 Å². The fourth-order valence-corrected chi connectivity index (χ4v) is 6.09. The average molecular weight is 577 g/mol. The quantitative estimate of drug-likeness (QED) is 0.195. The molecule has 45 heavy (non-hydrogen) atoms. The van der Waals surface area contributed by atoms with Gasteiger partial charge in [-0.25, -0.2) is 4.98 Å². The van der Waals surface area contributed by atoms with Crippen molar-refractivity contribution >= 4 is 45.3 Å². The van der Waals surface area contributed by atoms with E-state index in [2.05, 4.69) is 87.8 Å². The molecule has 0 saturated heterocycles. The first-order valence-electron chi connectivity index (χ1n) is 14.6. The van der Waals surface area contributed by atoms with E-state index >= 15 is 0 Å². The maximum Gasteiger partial charge on any atom is 0.0991 e. The van der Waals surface area contributed by atoms with Crippen LogP contribution in [0.25, 0.3) is 78.6 Å². The number of aromatic amines is 3. The Labute approximate surface area is 258 Å². The van der Waals surface area contributed by atoms with Crippen LogP contribution < -0.4 is 0 Å². The summed E-state index contributed by atoms with van der Waals surface area (Å²) in [6, 6.07) is 42.5. The zero-order valence-electron chi connectivity index (χ0n) is 24.0. The van der Waals surface area contributed by atoms with Crippen molar-refractivity contribution in [3.63, 3.8) is 0 Å². The minimum Gasteiger partial charge on any atom is -0.354 e. The lowest BCUT2D eigenvalue weighted by Crippen LogP contribution is -1.88. The molecule has 0 amide bonds. The van der Waals surface area contributed by atoms with Crippen molar-refractivity contribution in [1.82, 2.24) is 19.9 Å². The van der Waals surface area contributed by atoms with Gasteiger partial charge in [0.05, 0.1) is 45.7 Å². The summed E-state index contributed by atoms with van der Waals surface area (Å²) >= 11 is 0. The number of aromatic nitrogens is 4. The summed E-state index contributed by atoms with van der Waals surface area (Å²) in [5.41, 5.74) is 14.4. The molecule has 0 unspecified atom stereocenters. The fraction of sp³-hybridized carbons (Fsp3) is 0. The van der Waals surface area contributed by atoms with Gasteiger partial charge < -0.3 is 15.0 Å². The Kier molecular flexibility index (Phi) is 6.12. The molecule has 1 aliphatic rings. The third-order valence-corrected chi connectivity index (χ3v) is 8.25. The molecule has 6 heteroatoms. The molecule has 5 heterocycles. The normalized spacial score (nSPS) is 11.4. The lowest BCUT2D eigenvalue weighted by molar-refractivity contribution is 1.32. The highest BCUT2D eigenvalue weighted by molar-refractivity contribution is 5.99. The minimum atomic E-state index is 0.607. The van der Waals surface area contributed by atoms with E-state index in [1.165, 1.54) is 0 Å². The minimum absolute atomic E-state index is 0.607. The van der Waals surface area contributed by atoms with E-state index in [0.717, 1.165) is 77.9 Å². The molecule has 0 atom stereocenters. The van der Waals surface area contributed by atoms with Crippen LogP contribution in [-0.4, -0.2) is 19.9 Å². The number of fused-ring (bicyclic) bond motifs is 9. The van der Waals surface area contributed by atoms with Crippen LogP contribution in [0.4, 0.5) is 0 Å². The van der Waals surface area contributed by atoms with Gasteiger partial charge in [0.2, 0.25) is 0 Å². The Morgan fingerprint density at radius 3 is 1.24 bits per heavy atom. The Bertz CT molecular complexity index is 2480. The second-order valence-corrected chi connectivity index (χ2v) is 10.9. The first-order valence-corrected chi connectivity index (χ1v) is 14.6. The summed E-state index contributed by atoms with van der Waals surface area (Å²) in [5, 5.41) is 18.8. The van der Waals surface area contributed by atoms with Crippen LogP contribution in [0.15, 0.2) is 115 Å². The molecule has 3 N–H and O–H groups in total. The van der Waals surface area contributed by atoms with Gasteiger partial charge in [0, 0.05) is 38.8 Å². The zero-order valence-corrected chi connectivity index (χ0v) is 24.0. The number of nitriles is 2. The van der Waals surface area contributed by atoms with E-state index in [4.69, 9.17) is 4.98 Å². The molecule has 4 aromatic heterocycles. The number of nitrogens with one attached hydrogen (secondary N) is 3. The molecule has 1 aliphatic heterocycles. The predicted octanol–water partition coefficient (Wildman–Crippen LogP) is 9.44. The highest BCUT2D eigenvalue weighted by atomic mass is 14.8. The molecule has 0 saturated carbocycles. The second kappa shape index (κ2) is 10.6. The van der Waals surface area contributed by atoms with Crippen LogP contribution in [-0.2, 0) is 0 Å². The largest absolute Gasteiger partial charge is 0.354 e. The van der Waals surface area contributed by atoms with Gasteiger partial charge in [0.15, 0.2) is 0 Å². The van der Waals surface area contributed by atoms with Crippen molar-refractivity contribution in [2.75, 3.05) is 0 Å². The lowest BCUT2D eigenvalue weighted by atomic mass is 10.0.